The number of carbonyl (C=O) groups excluding carboxylic acids is 1. The molecule has 0 radical (unpaired) electrons. The third-order valence-electron chi connectivity index (χ3n) is 6.18. The normalized spacial score (nSPS) is 22.9. The van der Waals surface area contributed by atoms with Gasteiger partial charge in [-0.25, -0.2) is 12.8 Å². The van der Waals surface area contributed by atoms with E-state index in [1.54, 1.807) is 0 Å². The fourth-order valence-electron chi connectivity index (χ4n) is 4.52. The molecule has 4 rings (SSSR count). The summed E-state index contributed by atoms with van der Waals surface area (Å²) in [6.45, 7) is 3.30. The van der Waals surface area contributed by atoms with Crippen molar-refractivity contribution < 1.29 is 17.6 Å². The van der Waals surface area contributed by atoms with Crippen molar-refractivity contribution in [2.24, 2.45) is 5.92 Å². The molecule has 0 spiro atoms. The van der Waals surface area contributed by atoms with Gasteiger partial charge in [-0.1, -0.05) is 29.8 Å². The maximum absolute atomic E-state index is 13.4. The van der Waals surface area contributed by atoms with Gasteiger partial charge in [-0.15, -0.1) is 0 Å². The van der Waals surface area contributed by atoms with Crippen LogP contribution in [0.2, 0.25) is 0 Å². The van der Waals surface area contributed by atoms with E-state index in [1.165, 1.54) is 22.0 Å². The molecular formula is C23H27FN2O3S. The lowest BCUT2D eigenvalue weighted by atomic mass is 9.96. The van der Waals surface area contributed by atoms with Gasteiger partial charge in [0.15, 0.2) is 0 Å². The highest BCUT2D eigenvalue weighted by atomic mass is 32.2. The number of nitrogens with zero attached hydrogens (tertiary/aromatic N) is 2. The molecule has 2 aromatic carbocycles. The van der Waals surface area contributed by atoms with Gasteiger partial charge in [0.2, 0.25) is 15.9 Å². The molecule has 7 heteroatoms. The van der Waals surface area contributed by atoms with Crippen LogP contribution in [-0.2, 0) is 14.8 Å². The van der Waals surface area contributed by atoms with Gasteiger partial charge in [-0.3, -0.25) is 4.79 Å². The summed E-state index contributed by atoms with van der Waals surface area (Å²) in [5.74, 6) is -0.783. The molecule has 2 fully saturated rings. The molecule has 2 aromatic rings. The first-order valence-corrected chi connectivity index (χ1v) is 11.9. The fraction of sp³-hybridized carbons (Fsp3) is 0.435. The largest absolute Gasteiger partial charge is 0.335 e. The lowest BCUT2D eigenvalue weighted by molar-refractivity contribution is -0.137. The van der Waals surface area contributed by atoms with Crippen molar-refractivity contribution in [3.05, 3.63) is 65.5 Å². The average Bonchev–Trinajstić information content (AvgIpc) is 3.24. The predicted octanol–water partition coefficient (Wildman–Crippen LogP) is 3.90. The van der Waals surface area contributed by atoms with Crippen molar-refractivity contribution >= 4 is 15.9 Å². The highest BCUT2D eigenvalue weighted by Gasteiger charge is 2.38. The number of aryl methyl sites for hydroxylation is 1. The van der Waals surface area contributed by atoms with E-state index >= 15 is 0 Å². The van der Waals surface area contributed by atoms with Crippen LogP contribution in [0.4, 0.5) is 4.39 Å². The Morgan fingerprint density at radius 3 is 2.33 bits per heavy atom. The quantitative estimate of drug-likeness (QED) is 0.739. The minimum Gasteiger partial charge on any atom is -0.335 e. The Hall–Kier alpha value is -2.25. The Morgan fingerprint density at radius 2 is 1.63 bits per heavy atom. The molecular weight excluding hydrogens is 403 g/mol. The van der Waals surface area contributed by atoms with Crippen LogP contribution in [0.5, 0.6) is 0 Å². The molecule has 0 aliphatic carbocycles. The molecule has 2 heterocycles. The molecule has 2 unspecified atom stereocenters. The standard InChI is InChI=1S/C23H27FN2O3S/c1-17-6-8-18(9-7-17)22-5-3-15-26(22)23(27)19-4-2-14-25(16-19)30(28,29)21-12-10-20(24)11-13-21/h6-13,19,22H,2-5,14-16H2,1H3. The Balaban J connectivity index is 1.50. The second-order valence-electron chi connectivity index (χ2n) is 8.26. The summed E-state index contributed by atoms with van der Waals surface area (Å²) in [6.07, 6.45) is 3.21. The molecule has 0 N–H and O–H groups in total. The van der Waals surface area contributed by atoms with Gasteiger partial charge in [0.05, 0.1) is 16.9 Å². The van der Waals surface area contributed by atoms with Crippen LogP contribution in [0, 0.1) is 18.7 Å². The molecule has 0 saturated carbocycles. The number of carbonyl (C=O) groups is 1. The monoisotopic (exact) mass is 430 g/mol. The van der Waals surface area contributed by atoms with E-state index in [9.17, 15) is 17.6 Å². The van der Waals surface area contributed by atoms with Crippen molar-refractivity contribution in [1.82, 2.24) is 9.21 Å². The van der Waals surface area contributed by atoms with Gasteiger partial charge in [0.25, 0.3) is 0 Å². The van der Waals surface area contributed by atoms with E-state index in [0.717, 1.165) is 30.5 Å². The molecule has 30 heavy (non-hydrogen) atoms. The summed E-state index contributed by atoms with van der Waals surface area (Å²) in [4.78, 5) is 15.4. The van der Waals surface area contributed by atoms with Crippen molar-refractivity contribution in [2.45, 2.75) is 43.5 Å². The number of benzene rings is 2. The minimum absolute atomic E-state index is 0.0390. The van der Waals surface area contributed by atoms with Crippen LogP contribution in [0.3, 0.4) is 0 Å². The first-order valence-electron chi connectivity index (χ1n) is 10.5. The number of hydrogen-bond acceptors (Lipinski definition) is 3. The van der Waals surface area contributed by atoms with Gasteiger partial charge in [-0.05, 0) is 62.4 Å². The number of piperidine rings is 1. The summed E-state index contributed by atoms with van der Waals surface area (Å²) in [5.41, 5.74) is 2.32. The molecule has 2 aliphatic rings. The van der Waals surface area contributed by atoms with Gasteiger partial charge in [0.1, 0.15) is 5.82 Å². The molecule has 0 aromatic heterocycles. The fourth-order valence-corrected chi connectivity index (χ4v) is 6.04. The van der Waals surface area contributed by atoms with Gasteiger partial charge in [0, 0.05) is 19.6 Å². The van der Waals surface area contributed by atoms with Crippen LogP contribution in [0.25, 0.3) is 0 Å². The highest BCUT2D eigenvalue weighted by molar-refractivity contribution is 7.89. The smallest absolute Gasteiger partial charge is 0.243 e. The molecule has 160 valence electrons. The number of hydrogen-bond donors (Lipinski definition) is 0. The molecule has 0 bridgehead atoms. The molecule has 2 atom stereocenters. The second kappa shape index (κ2) is 8.47. The van der Waals surface area contributed by atoms with E-state index in [2.05, 4.69) is 24.3 Å². The van der Waals surface area contributed by atoms with Gasteiger partial charge in [-0.2, -0.15) is 4.31 Å². The van der Waals surface area contributed by atoms with Crippen molar-refractivity contribution in [3.63, 3.8) is 0 Å². The summed E-state index contributed by atoms with van der Waals surface area (Å²) in [5, 5.41) is 0. The van der Waals surface area contributed by atoms with Crippen LogP contribution < -0.4 is 0 Å². The zero-order valence-corrected chi connectivity index (χ0v) is 17.9. The Labute approximate surface area is 177 Å². The van der Waals surface area contributed by atoms with Gasteiger partial charge >= 0.3 is 0 Å². The van der Waals surface area contributed by atoms with Crippen LogP contribution >= 0.6 is 0 Å². The lowest BCUT2D eigenvalue weighted by Crippen LogP contribution is -2.46. The van der Waals surface area contributed by atoms with E-state index < -0.39 is 15.8 Å². The second-order valence-corrected chi connectivity index (χ2v) is 10.2. The first-order chi connectivity index (χ1) is 14.4. The Morgan fingerprint density at radius 1 is 0.967 bits per heavy atom. The molecule has 5 nitrogen and oxygen atoms in total. The van der Waals surface area contributed by atoms with E-state index in [1.807, 2.05) is 11.8 Å². The maximum atomic E-state index is 13.4. The highest BCUT2D eigenvalue weighted by Crippen LogP contribution is 2.35. The van der Waals surface area contributed by atoms with Crippen LogP contribution in [-0.4, -0.2) is 43.2 Å². The number of likely N-dealkylation sites (tertiary alicyclic amines) is 1. The summed E-state index contributed by atoms with van der Waals surface area (Å²) in [6, 6.07) is 13.2. The first kappa shape index (κ1) is 21.0. The van der Waals surface area contributed by atoms with Crippen molar-refractivity contribution in [3.8, 4) is 0 Å². The maximum Gasteiger partial charge on any atom is 0.243 e. The SMILES string of the molecule is Cc1ccc(C2CCCN2C(=O)C2CCCN(S(=O)(=O)c3ccc(F)cc3)C2)cc1. The lowest BCUT2D eigenvalue weighted by Gasteiger charge is -2.35. The zero-order valence-electron chi connectivity index (χ0n) is 17.1. The summed E-state index contributed by atoms with van der Waals surface area (Å²) in [7, 11) is -3.74. The van der Waals surface area contributed by atoms with E-state index in [4.69, 9.17) is 0 Å². The molecule has 2 saturated heterocycles. The minimum atomic E-state index is -3.74. The van der Waals surface area contributed by atoms with Crippen LogP contribution in [0.1, 0.15) is 42.9 Å². The number of rotatable bonds is 4. The van der Waals surface area contributed by atoms with Crippen molar-refractivity contribution in [1.29, 1.82) is 0 Å². The van der Waals surface area contributed by atoms with Crippen LogP contribution in [0.15, 0.2) is 53.4 Å². The zero-order chi connectivity index (χ0) is 21.3. The summed E-state index contributed by atoms with van der Waals surface area (Å²) < 4.78 is 40.5. The number of amides is 1. The Kier molecular flexibility index (Phi) is 5.93. The van der Waals surface area contributed by atoms with E-state index in [0.29, 0.717) is 25.9 Å². The average molecular weight is 431 g/mol. The topological polar surface area (TPSA) is 57.7 Å². The predicted molar refractivity (Wildman–Crippen MR) is 113 cm³/mol. The van der Waals surface area contributed by atoms with E-state index in [-0.39, 0.29) is 29.3 Å². The Bertz CT molecular complexity index is 1010. The molecule has 1 amide bonds. The number of halogens is 1. The third kappa shape index (κ3) is 4.14. The van der Waals surface area contributed by atoms with Crippen molar-refractivity contribution in [2.75, 3.05) is 19.6 Å². The summed E-state index contributed by atoms with van der Waals surface area (Å²) >= 11 is 0. The third-order valence-corrected chi connectivity index (χ3v) is 8.06. The number of sulfonamides is 1. The molecule has 2 aliphatic heterocycles. The van der Waals surface area contributed by atoms with Gasteiger partial charge < -0.3 is 4.90 Å².